The molecule has 2 heterocycles. The number of anilines is 1. The lowest BCUT2D eigenvalue weighted by Gasteiger charge is -2.15. The summed E-state index contributed by atoms with van der Waals surface area (Å²) in [6.07, 6.45) is 0.734. The summed E-state index contributed by atoms with van der Waals surface area (Å²) in [5.74, 6) is -0.0933. The minimum atomic E-state index is -0.408. The van der Waals surface area contributed by atoms with E-state index in [1.54, 1.807) is 7.05 Å². The fourth-order valence-corrected chi connectivity index (χ4v) is 3.71. The molecule has 29 heavy (non-hydrogen) atoms. The third-order valence-electron chi connectivity index (χ3n) is 5.43. The number of hydrogen-bond acceptors (Lipinski definition) is 4. The highest BCUT2D eigenvalue weighted by molar-refractivity contribution is 5.91. The zero-order chi connectivity index (χ0) is 21.5. The number of rotatable bonds is 4. The van der Waals surface area contributed by atoms with Crippen LogP contribution in [-0.2, 0) is 25.3 Å². The van der Waals surface area contributed by atoms with E-state index in [9.17, 15) is 14.4 Å². The molecule has 0 spiro atoms. The number of carbonyl (C=O) groups is 1. The Balaban J connectivity index is 1.91. The second-order valence-electron chi connectivity index (χ2n) is 7.57. The number of nitrogens with zero attached hydrogens (tertiary/aromatic N) is 3. The first-order valence-electron chi connectivity index (χ1n) is 9.54. The summed E-state index contributed by atoms with van der Waals surface area (Å²) in [5, 5.41) is 3.37. The Labute approximate surface area is 169 Å². The minimum Gasteiger partial charge on any atom is -0.326 e. The van der Waals surface area contributed by atoms with Gasteiger partial charge >= 0.3 is 5.69 Å². The Morgan fingerprint density at radius 1 is 1.07 bits per heavy atom. The summed E-state index contributed by atoms with van der Waals surface area (Å²) < 4.78 is 2.47. The fraction of sp³-hybridized carbons (Fsp3) is 0.364. The summed E-state index contributed by atoms with van der Waals surface area (Å²) >= 11 is 0. The molecule has 0 saturated heterocycles. The van der Waals surface area contributed by atoms with Crippen LogP contribution in [0.4, 0.5) is 5.69 Å². The lowest BCUT2D eigenvalue weighted by molar-refractivity contribution is -0.116. The zero-order valence-electron chi connectivity index (χ0n) is 17.7. The molecule has 0 unspecified atom stereocenters. The van der Waals surface area contributed by atoms with Crippen LogP contribution in [0.3, 0.4) is 0 Å². The molecule has 3 aromatic rings. The van der Waals surface area contributed by atoms with Gasteiger partial charge in [0, 0.05) is 31.9 Å². The van der Waals surface area contributed by atoms with Crippen molar-refractivity contribution in [2.24, 2.45) is 14.1 Å². The summed E-state index contributed by atoms with van der Waals surface area (Å²) in [6.45, 7) is 7.66. The maximum absolute atomic E-state index is 12.7. The fourth-order valence-electron chi connectivity index (χ4n) is 3.71. The van der Waals surface area contributed by atoms with Crippen molar-refractivity contribution in [1.82, 2.24) is 14.1 Å². The molecule has 7 nitrogen and oxygen atoms in total. The van der Waals surface area contributed by atoms with Gasteiger partial charge < -0.3 is 5.32 Å². The van der Waals surface area contributed by atoms with Crippen molar-refractivity contribution in [1.29, 1.82) is 0 Å². The van der Waals surface area contributed by atoms with Crippen LogP contribution in [0, 0.1) is 27.7 Å². The van der Waals surface area contributed by atoms with Gasteiger partial charge in [0.2, 0.25) is 5.91 Å². The first-order valence-corrected chi connectivity index (χ1v) is 9.54. The monoisotopic (exact) mass is 394 g/mol. The normalized spacial score (nSPS) is 11.1. The Hall–Kier alpha value is -3.22. The molecule has 3 rings (SSSR count). The maximum Gasteiger partial charge on any atom is 0.332 e. The molecular weight excluding hydrogens is 368 g/mol. The second-order valence-corrected chi connectivity index (χ2v) is 7.57. The van der Waals surface area contributed by atoms with Gasteiger partial charge in [0.1, 0.15) is 5.65 Å². The number of aromatic nitrogens is 3. The van der Waals surface area contributed by atoms with Gasteiger partial charge in [-0.05, 0) is 56.9 Å². The predicted molar refractivity (Wildman–Crippen MR) is 115 cm³/mol. The van der Waals surface area contributed by atoms with E-state index in [1.165, 1.54) is 11.6 Å². The second kappa shape index (κ2) is 7.66. The number of hydrogen-bond donors (Lipinski definition) is 1. The lowest BCUT2D eigenvalue weighted by Crippen LogP contribution is -2.38. The quantitative estimate of drug-likeness (QED) is 0.736. The molecule has 1 amide bonds. The van der Waals surface area contributed by atoms with Crippen molar-refractivity contribution in [3.63, 3.8) is 0 Å². The van der Waals surface area contributed by atoms with E-state index in [0.29, 0.717) is 17.5 Å². The topological polar surface area (TPSA) is 86.0 Å². The molecule has 0 fully saturated rings. The highest BCUT2D eigenvalue weighted by atomic mass is 16.2. The molecule has 7 heteroatoms. The van der Waals surface area contributed by atoms with E-state index >= 15 is 0 Å². The van der Waals surface area contributed by atoms with E-state index in [-0.39, 0.29) is 17.9 Å². The molecule has 0 radical (unpaired) electrons. The van der Waals surface area contributed by atoms with E-state index in [4.69, 9.17) is 0 Å². The van der Waals surface area contributed by atoms with Crippen molar-refractivity contribution in [2.75, 3.05) is 5.32 Å². The van der Waals surface area contributed by atoms with Gasteiger partial charge in [0.05, 0.1) is 5.39 Å². The van der Waals surface area contributed by atoms with Crippen LogP contribution < -0.4 is 16.6 Å². The number of pyridine rings is 1. The molecule has 0 aliphatic heterocycles. The van der Waals surface area contributed by atoms with Gasteiger partial charge in [-0.1, -0.05) is 17.7 Å². The highest BCUT2D eigenvalue weighted by Gasteiger charge is 2.17. The van der Waals surface area contributed by atoms with E-state index in [0.717, 1.165) is 38.2 Å². The van der Waals surface area contributed by atoms with Crippen molar-refractivity contribution < 1.29 is 4.79 Å². The first kappa shape index (κ1) is 20.5. The van der Waals surface area contributed by atoms with Crippen LogP contribution in [0.15, 0.2) is 27.8 Å². The Morgan fingerprint density at radius 2 is 1.76 bits per heavy atom. The van der Waals surface area contributed by atoms with Crippen molar-refractivity contribution in [3.05, 3.63) is 67.0 Å². The molecule has 152 valence electrons. The van der Waals surface area contributed by atoms with Crippen LogP contribution >= 0.6 is 0 Å². The summed E-state index contributed by atoms with van der Waals surface area (Å²) in [6, 6.07) is 5.89. The Morgan fingerprint density at radius 3 is 2.41 bits per heavy atom. The molecule has 1 aromatic carbocycles. The minimum absolute atomic E-state index is 0.0933. The molecule has 0 aliphatic carbocycles. The molecule has 0 aliphatic rings. The Kier molecular flexibility index (Phi) is 5.42. The average molecular weight is 394 g/mol. The Bertz CT molecular complexity index is 1250. The zero-order valence-corrected chi connectivity index (χ0v) is 17.7. The van der Waals surface area contributed by atoms with Gasteiger partial charge in [-0.2, -0.15) is 0 Å². The number of nitrogens with one attached hydrogen (secondary N) is 1. The molecular formula is C22H26N4O3. The van der Waals surface area contributed by atoms with Crippen LogP contribution in [0.1, 0.15) is 34.4 Å². The van der Waals surface area contributed by atoms with Crippen LogP contribution in [0.5, 0.6) is 0 Å². The summed E-state index contributed by atoms with van der Waals surface area (Å²) in [5.41, 5.74) is 4.91. The smallest absolute Gasteiger partial charge is 0.326 e. The standard InChI is InChI=1S/C22H26N4O3/c1-12-7-9-17(13(2)11-12)24-18(27)10-8-16-14(3)19-20(23-15(16)4)25(5)22(29)26(6)21(19)28/h7,9,11H,8,10H2,1-6H3,(H,24,27). The number of amides is 1. The third kappa shape index (κ3) is 3.72. The first-order chi connectivity index (χ1) is 13.6. The van der Waals surface area contributed by atoms with Crippen molar-refractivity contribution >= 4 is 22.6 Å². The van der Waals surface area contributed by atoms with Gasteiger partial charge in [-0.3, -0.25) is 18.7 Å². The predicted octanol–water partition coefficient (Wildman–Crippen LogP) is 2.44. The van der Waals surface area contributed by atoms with Crippen LogP contribution in [0.25, 0.3) is 11.0 Å². The average Bonchev–Trinajstić information content (AvgIpc) is 2.66. The van der Waals surface area contributed by atoms with Crippen LogP contribution in [-0.4, -0.2) is 20.0 Å². The van der Waals surface area contributed by atoms with Gasteiger partial charge in [0.15, 0.2) is 0 Å². The van der Waals surface area contributed by atoms with Crippen molar-refractivity contribution in [3.8, 4) is 0 Å². The molecule has 0 atom stereocenters. The van der Waals surface area contributed by atoms with Crippen LogP contribution in [0.2, 0.25) is 0 Å². The lowest BCUT2D eigenvalue weighted by atomic mass is 9.99. The largest absolute Gasteiger partial charge is 0.332 e. The number of fused-ring (bicyclic) bond motifs is 1. The molecule has 2 aromatic heterocycles. The SMILES string of the molecule is Cc1ccc(NC(=O)CCc2c(C)nc3c(c2C)c(=O)n(C)c(=O)n3C)c(C)c1. The van der Waals surface area contributed by atoms with Crippen molar-refractivity contribution in [2.45, 2.75) is 40.5 Å². The number of aryl methyl sites for hydroxylation is 5. The summed E-state index contributed by atoms with van der Waals surface area (Å²) in [7, 11) is 3.06. The maximum atomic E-state index is 12.7. The third-order valence-corrected chi connectivity index (χ3v) is 5.43. The molecule has 1 N–H and O–H groups in total. The van der Waals surface area contributed by atoms with E-state index < -0.39 is 5.69 Å². The van der Waals surface area contributed by atoms with E-state index in [2.05, 4.69) is 10.3 Å². The van der Waals surface area contributed by atoms with Gasteiger partial charge in [-0.25, -0.2) is 9.78 Å². The van der Waals surface area contributed by atoms with E-state index in [1.807, 2.05) is 45.9 Å². The molecule has 0 saturated carbocycles. The molecule has 0 bridgehead atoms. The number of carbonyl (C=O) groups excluding carboxylic acids is 1. The van der Waals surface area contributed by atoms with Gasteiger partial charge in [-0.15, -0.1) is 0 Å². The van der Waals surface area contributed by atoms with Gasteiger partial charge in [0.25, 0.3) is 5.56 Å². The number of benzene rings is 1. The highest BCUT2D eigenvalue weighted by Crippen LogP contribution is 2.21. The summed E-state index contributed by atoms with van der Waals surface area (Å²) in [4.78, 5) is 41.8.